The number of aryl methyl sites for hydroxylation is 3. The number of hydrogen-bond acceptors (Lipinski definition) is 5. The van der Waals surface area contributed by atoms with Crippen LogP contribution in [0.2, 0.25) is 0 Å². The van der Waals surface area contributed by atoms with Crippen LogP contribution in [0.5, 0.6) is 0 Å². The SMILES string of the molecule is CCc1nc(C)sc1CNC(=O)Nc1ccc(Cc2n[nH]c(C)n2)cc1. The van der Waals surface area contributed by atoms with Crippen molar-refractivity contribution in [3.05, 3.63) is 57.1 Å². The average Bonchev–Trinajstić information content (AvgIpc) is 3.19. The summed E-state index contributed by atoms with van der Waals surface area (Å²) in [4.78, 5) is 22.0. The van der Waals surface area contributed by atoms with Crippen LogP contribution in [-0.2, 0) is 19.4 Å². The Morgan fingerprint density at radius 2 is 1.96 bits per heavy atom. The van der Waals surface area contributed by atoms with Crippen LogP contribution in [-0.4, -0.2) is 26.2 Å². The quantitative estimate of drug-likeness (QED) is 0.620. The number of H-pyrrole nitrogens is 1. The van der Waals surface area contributed by atoms with E-state index in [4.69, 9.17) is 0 Å². The van der Waals surface area contributed by atoms with Gasteiger partial charge in [0, 0.05) is 17.0 Å². The number of nitrogens with one attached hydrogen (secondary N) is 3. The summed E-state index contributed by atoms with van der Waals surface area (Å²) < 4.78 is 0. The predicted molar refractivity (Wildman–Crippen MR) is 102 cm³/mol. The molecule has 0 bridgehead atoms. The van der Waals surface area contributed by atoms with Crippen LogP contribution in [0.3, 0.4) is 0 Å². The predicted octanol–water partition coefficient (Wildman–Crippen LogP) is 3.35. The number of carbonyl (C=O) groups excluding carboxylic acids is 1. The molecule has 3 rings (SSSR count). The summed E-state index contributed by atoms with van der Waals surface area (Å²) in [5, 5.41) is 13.7. The minimum Gasteiger partial charge on any atom is -0.333 e. The Morgan fingerprint density at radius 3 is 2.62 bits per heavy atom. The van der Waals surface area contributed by atoms with Crippen molar-refractivity contribution in [3.8, 4) is 0 Å². The van der Waals surface area contributed by atoms with E-state index in [0.717, 1.165) is 44.9 Å². The number of aromatic amines is 1. The van der Waals surface area contributed by atoms with Gasteiger partial charge in [0.15, 0.2) is 5.82 Å². The van der Waals surface area contributed by atoms with E-state index in [0.29, 0.717) is 13.0 Å². The Morgan fingerprint density at radius 1 is 1.19 bits per heavy atom. The number of carbonyl (C=O) groups is 1. The van der Waals surface area contributed by atoms with Crippen LogP contribution >= 0.6 is 11.3 Å². The molecular formula is C18H22N6OS. The fourth-order valence-corrected chi connectivity index (χ4v) is 3.58. The number of rotatable bonds is 6. The van der Waals surface area contributed by atoms with Gasteiger partial charge in [-0.2, -0.15) is 5.10 Å². The minimum absolute atomic E-state index is 0.226. The highest BCUT2D eigenvalue weighted by Crippen LogP contribution is 2.18. The summed E-state index contributed by atoms with van der Waals surface area (Å²) in [6, 6.07) is 7.45. The first kappa shape index (κ1) is 18.1. The lowest BCUT2D eigenvalue weighted by Gasteiger charge is -2.08. The maximum atomic E-state index is 12.1. The molecule has 3 aromatic rings. The molecule has 0 saturated heterocycles. The molecule has 136 valence electrons. The highest BCUT2D eigenvalue weighted by Gasteiger charge is 2.09. The van der Waals surface area contributed by atoms with Crippen molar-refractivity contribution in [1.82, 2.24) is 25.5 Å². The summed E-state index contributed by atoms with van der Waals surface area (Å²) in [5.74, 6) is 1.56. The molecule has 0 fully saturated rings. The van der Waals surface area contributed by atoms with Crippen LogP contribution in [0.1, 0.15) is 39.7 Å². The third-order valence-electron chi connectivity index (χ3n) is 3.85. The zero-order chi connectivity index (χ0) is 18.5. The van der Waals surface area contributed by atoms with Gasteiger partial charge < -0.3 is 10.6 Å². The van der Waals surface area contributed by atoms with Gasteiger partial charge in [-0.15, -0.1) is 11.3 Å². The van der Waals surface area contributed by atoms with Crippen LogP contribution in [0.25, 0.3) is 0 Å². The van der Waals surface area contributed by atoms with Crippen molar-refractivity contribution in [2.75, 3.05) is 5.32 Å². The van der Waals surface area contributed by atoms with E-state index < -0.39 is 0 Å². The van der Waals surface area contributed by atoms with Gasteiger partial charge in [0.1, 0.15) is 5.82 Å². The zero-order valence-electron chi connectivity index (χ0n) is 15.1. The molecule has 0 aliphatic rings. The van der Waals surface area contributed by atoms with Gasteiger partial charge in [0.05, 0.1) is 17.2 Å². The van der Waals surface area contributed by atoms with Crippen LogP contribution in [0.4, 0.5) is 10.5 Å². The molecule has 0 aliphatic heterocycles. The smallest absolute Gasteiger partial charge is 0.319 e. The van der Waals surface area contributed by atoms with E-state index in [-0.39, 0.29) is 6.03 Å². The van der Waals surface area contributed by atoms with Gasteiger partial charge in [0.2, 0.25) is 0 Å². The van der Waals surface area contributed by atoms with Gasteiger partial charge in [-0.05, 0) is 38.0 Å². The zero-order valence-corrected chi connectivity index (χ0v) is 15.9. The summed E-state index contributed by atoms with van der Waals surface area (Å²) in [7, 11) is 0. The third kappa shape index (κ3) is 4.66. The topological polar surface area (TPSA) is 95.6 Å². The van der Waals surface area contributed by atoms with E-state index in [9.17, 15) is 4.79 Å². The number of urea groups is 1. The van der Waals surface area contributed by atoms with Crippen LogP contribution < -0.4 is 10.6 Å². The lowest BCUT2D eigenvalue weighted by atomic mass is 10.1. The molecule has 7 nitrogen and oxygen atoms in total. The second-order valence-corrected chi connectivity index (χ2v) is 7.26. The minimum atomic E-state index is -0.226. The maximum Gasteiger partial charge on any atom is 0.319 e. The largest absolute Gasteiger partial charge is 0.333 e. The van der Waals surface area contributed by atoms with Gasteiger partial charge in [-0.1, -0.05) is 19.1 Å². The normalized spacial score (nSPS) is 10.7. The van der Waals surface area contributed by atoms with E-state index in [1.807, 2.05) is 38.1 Å². The third-order valence-corrected chi connectivity index (χ3v) is 4.86. The van der Waals surface area contributed by atoms with E-state index in [1.165, 1.54) is 0 Å². The first-order chi connectivity index (χ1) is 12.5. The standard InChI is InChI=1S/C18H22N6OS/c1-4-15-16(26-12(3)21-15)10-19-18(25)22-14-7-5-13(6-8-14)9-17-20-11(2)23-24-17/h5-8H,4,9-10H2,1-3H3,(H2,19,22,25)(H,20,23,24). The summed E-state index contributed by atoms with van der Waals surface area (Å²) in [6.45, 7) is 6.41. The molecule has 8 heteroatoms. The number of hydrogen-bond donors (Lipinski definition) is 3. The lowest BCUT2D eigenvalue weighted by Crippen LogP contribution is -2.28. The summed E-state index contributed by atoms with van der Waals surface area (Å²) in [6.07, 6.45) is 1.52. The fourth-order valence-electron chi connectivity index (χ4n) is 2.62. The molecule has 2 amide bonds. The fraction of sp³-hybridized carbons (Fsp3) is 0.333. The number of benzene rings is 1. The van der Waals surface area contributed by atoms with Crippen molar-refractivity contribution in [2.45, 2.75) is 40.2 Å². The van der Waals surface area contributed by atoms with E-state index in [2.05, 4.69) is 37.7 Å². The highest BCUT2D eigenvalue weighted by atomic mass is 32.1. The molecular weight excluding hydrogens is 348 g/mol. The lowest BCUT2D eigenvalue weighted by molar-refractivity contribution is 0.252. The number of thiazole rings is 1. The molecule has 0 radical (unpaired) electrons. The molecule has 0 saturated carbocycles. The van der Waals surface area contributed by atoms with Crippen LogP contribution in [0, 0.1) is 13.8 Å². The molecule has 2 aromatic heterocycles. The maximum absolute atomic E-state index is 12.1. The number of amides is 2. The monoisotopic (exact) mass is 370 g/mol. The molecule has 3 N–H and O–H groups in total. The molecule has 0 spiro atoms. The Bertz CT molecular complexity index is 883. The Hall–Kier alpha value is -2.74. The Kier molecular flexibility index (Phi) is 5.62. The van der Waals surface area contributed by atoms with Gasteiger partial charge >= 0.3 is 6.03 Å². The van der Waals surface area contributed by atoms with Crippen molar-refractivity contribution >= 4 is 23.1 Å². The molecule has 0 unspecified atom stereocenters. The number of aromatic nitrogens is 4. The molecule has 0 aliphatic carbocycles. The van der Waals surface area contributed by atoms with Crippen molar-refractivity contribution in [1.29, 1.82) is 0 Å². The second-order valence-electron chi connectivity index (χ2n) is 5.97. The number of nitrogens with zero attached hydrogens (tertiary/aromatic N) is 3. The highest BCUT2D eigenvalue weighted by molar-refractivity contribution is 7.11. The molecule has 0 atom stereocenters. The number of anilines is 1. The Balaban J connectivity index is 1.52. The Labute approximate surface area is 156 Å². The summed E-state index contributed by atoms with van der Waals surface area (Å²) in [5.41, 5.74) is 2.88. The van der Waals surface area contributed by atoms with Gasteiger partial charge in [-0.25, -0.2) is 14.8 Å². The average molecular weight is 370 g/mol. The summed E-state index contributed by atoms with van der Waals surface area (Å²) >= 11 is 1.62. The molecule has 1 aromatic carbocycles. The van der Waals surface area contributed by atoms with Gasteiger partial charge in [-0.3, -0.25) is 5.10 Å². The van der Waals surface area contributed by atoms with Crippen molar-refractivity contribution in [3.63, 3.8) is 0 Å². The molecule has 26 heavy (non-hydrogen) atoms. The van der Waals surface area contributed by atoms with Crippen molar-refractivity contribution in [2.24, 2.45) is 0 Å². The first-order valence-corrected chi connectivity index (χ1v) is 9.32. The van der Waals surface area contributed by atoms with Crippen molar-refractivity contribution < 1.29 is 4.79 Å². The van der Waals surface area contributed by atoms with E-state index >= 15 is 0 Å². The van der Waals surface area contributed by atoms with E-state index in [1.54, 1.807) is 11.3 Å². The second kappa shape index (κ2) is 8.09. The molecule has 2 heterocycles. The first-order valence-electron chi connectivity index (χ1n) is 8.50. The van der Waals surface area contributed by atoms with Gasteiger partial charge in [0.25, 0.3) is 0 Å². The van der Waals surface area contributed by atoms with Crippen LogP contribution in [0.15, 0.2) is 24.3 Å².